The van der Waals surface area contributed by atoms with Crippen LogP contribution in [0.25, 0.3) is 0 Å². The fourth-order valence-corrected chi connectivity index (χ4v) is 3.98. The van der Waals surface area contributed by atoms with Crippen molar-refractivity contribution < 1.29 is 9.59 Å². The van der Waals surface area contributed by atoms with E-state index >= 15 is 0 Å². The zero-order valence-electron chi connectivity index (χ0n) is 14.5. The Balaban J connectivity index is 1.73. The molecule has 1 aromatic heterocycles. The van der Waals surface area contributed by atoms with Crippen molar-refractivity contribution in [3.8, 4) is 0 Å². The molecular formula is C18H22N4O2S. The third kappa shape index (κ3) is 4.04. The minimum Gasteiger partial charge on any atom is -0.326 e. The van der Waals surface area contributed by atoms with Crippen molar-refractivity contribution >= 4 is 34.0 Å². The van der Waals surface area contributed by atoms with Gasteiger partial charge in [-0.2, -0.15) is 0 Å². The first-order valence-corrected chi connectivity index (χ1v) is 9.49. The monoisotopic (exact) mass is 358 g/mol. The van der Waals surface area contributed by atoms with Crippen molar-refractivity contribution in [3.05, 3.63) is 34.3 Å². The summed E-state index contributed by atoms with van der Waals surface area (Å²) in [6.07, 6.45) is 4.11. The number of anilines is 2. The van der Waals surface area contributed by atoms with E-state index in [-0.39, 0.29) is 11.8 Å². The van der Waals surface area contributed by atoms with Crippen LogP contribution in [0.1, 0.15) is 66.4 Å². The molecule has 0 unspecified atom stereocenters. The molecule has 0 fully saturated rings. The van der Waals surface area contributed by atoms with Crippen LogP contribution in [0, 0.1) is 0 Å². The van der Waals surface area contributed by atoms with Gasteiger partial charge in [-0.05, 0) is 49.4 Å². The smallest absolute Gasteiger partial charge is 0.257 e. The number of carbonyl (C=O) groups excluding carboxylic acids is 2. The normalized spacial score (nSPS) is 14.0. The largest absolute Gasteiger partial charge is 0.326 e. The summed E-state index contributed by atoms with van der Waals surface area (Å²) in [6, 6.07) is 5.37. The lowest BCUT2D eigenvalue weighted by Gasteiger charge is -2.09. The van der Waals surface area contributed by atoms with Gasteiger partial charge in [0.25, 0.3) is 5.91 Å². The maximum Gasteiger partial charge on any atom is 0.257 e. The molecule has 2 aromatic rings. The van der Waals surface area contributed by atoms with Gasteiger partial charge >= 0.3 is 0 Å². The predicted molar refractivity (Wildman–Crippen MR) is 99.2 cm³/mol. The lowest BCUT2D eigenvalue weighted by atomic mass is 10.0. The zero-order chi connectivity index (χ0) is 17.8. The molecule has 25 heavy (non-hydrogen) atoms. The quantitative estimate of drug-likeness (QED) is 0.847. The number of benzene rings is 1. The summed E-state index contributed by atoms with van der Waals surface area (Å²) < 4.78 is 0. The van der Waals surface area contributed by atoms with E-state index in [0.29, 0.717) is 23.0 Å². The molecule has 0 bridgehead atoms. The summed E-state index contributed by atoms with van der Waals surface area (Å²) in [6.45, 7) is 4.25. The fraction of sp³-hybridized carbons (Fsp3) is 0.444. The molecule has 1 aromatic carbocycles. The number of hydrogen-bond donors (Lipinski definition) is 2. The average Bonchev–Trinajstić information content (AvgIpc) is 2.96. The van der Waals surface area contributed by atoms with Gasteiger partial charge in [0.2, 0.25) is 11.0 Å². The predicted octanol–water partition coefficient (Wildman–Crippen LogP) is 3.97. The summed E-state index contributed by atoms with van der Waals surface area (Å²) in [5, 5.41) is 15.5. The molecule has 2 heterocycles. The molecule has 3 rings (SSSR count). The standard InChI is InChI=1S/C18H22N4O2S/c1-3-11(4-2)17-21-22-18(25-17)20-16(24)13-8-9-14-12(10-13)6-5-7-15(23)19-14/h8-11H,3-7H2,1-2H3,(H,19,23)(H,20,22,24). The molecule has 6 nitrogen and oxygen atoms in total. The minimum atomic E-state index is -0.203. The third-order valence-corrected chi connectivity index (χ3v) is 5.49. The minimum absolute atomic E-state index is 0.0266. The molecule has 132 valence electrons. The highest BCUT2D eigenvalue weighted by molar-refractivity contribution is 7.15. The van der Waals surface area contributed by atoms with Crippen molar-refractivity contribution in [3.63, 3.8) is 0 Å². The lowest BCUT2D eigenvalue weighted by molar-refractivity contribution is -0.116. The molecule has 0 spiro atoms. The van der Waals surface area contributed by atoms with E-state index in [1.54, 1.807) is 12.1 Å². The van der Waals surface area contributed by atoms with Crippen LogP contribution >= 0.6 is 11.3 Å². The number of amides is 2. The number of hydrogen-bond acceptors (Lipinski definition) is 5. The Morgan fingerprint density at radius 2 is 2.08 bits per heavy atom. The Hall–Kier alpha value is -2.28. The highest BCUT2D eigenvalue weighted by Gasteiger charge is 2.17. The SMILES string of the molecule is CCC(CC)c1nnc(NC(=O)c2ccc3c(c2)CCCC(=O)N3)s1. The Bertz CT molecular complexity index is 783. The highest BCUT2D eigenvalue weighted by atomic mass is 32.1. The van der Waals surface area contributed by atoms with Crippen LogP contribution in [0.15, 0.2) is 18.2 Å². The maximum absolute atomic E-state index is 12.5. The van der Waals surface area contributed by atoms with Gasteiger partial charge in [0.1, 0.15) is 5.01 Å². The highest BCUT2D eigenvalue weighted by Crippen LogP contribution is 2.29. The number of nitrogens with one attached hydrogen (secondary N) is 2. The van der Waals surface area contributed by atoms with Gasteiger partial charge in [0.15, 0.2) is 0 Å². The molecule has 0 atom stereocenters. The van der Waals surface area contributed by atoms with Crippen LogP contribution in [-0.2, 0) is 11.2 Å². The van der Waals surface area contributed by atoms with Gasteiger partial charge in [-0.25, -0.2) is 0 Å². The van der Waals surface area contributed by atoms with E-state index in [4.69, 9.17) is 0 Å². The van der Waals surface area contributed by atoms with E-state index in [0.717, 1.165) is 41.9 Å². The van der Waals surface area contributed by atoms with Crippen molar-refractivity contribution in [2.75, 3.05) is 10.6 Å². The fourth-order valence-electron chi connectivity index (χ4n) is 2.97. The zero-order valence-corrected chi connectivity index (χ0v) is 15.3. The van der Waals surface area contributed by atoms with Gasteiger partial charge in [0.05, 0.1) is 0 Å². The maximum atomic E-state index is 12.5. The number of fused-ring (bicyclic) bond motifs is 1. The van der Waals surface area contributed by atoms with E-state index < -0.39 is 0 Å². The van der Waals surface area contributed by atoms with Gasteiger partial charge in [-0.15, -0.1) is 10.2 Å². The molecule has 0 radical (unpaired) electrons. The molecule has 7 heteroatoms. The Labute approximate surface area is 151 Å². The molecule has 0 saturated carbocycles. The number of aryl methyl sites for hydroxylation is 1. The Kier molecular flexibility index (Phi) is 5.43. The second kappa shape index (κ2) is 7.74. The number of rotatable bonds is 5. The van der Waals surface area contributed by atoms with Crippen molar-refractivity contribution in [1.29, 1.82) is 0 Å². The average molecular weight is 358 g/mol. The van der Waals surface area contributed by atoms with Crippen LogP contribution < -0.4 is 10.6 Å². The molecular weight excluding hydrogens is 336 g/mol. The third-order valence-electron chi connectivity index (χ3n) is 4.49. The van der Waals surface area contributed by atoms with Gasteiger partial charge < -0.3 is 5.32 Å². The Morgan fingerprint density at radius 1 is 1.28 bits per heavy atom. The van der Waals surface area contributed by atoms with Crippen LogP contribution in [0.5, 0.6) is 0 Å². The van der Waals surface area contributed by atoms with Gasteiger partial charge in [0, 0.05) is 23.6 Å². The van der Waals surface area contributed by atoms with E-state index in [1.807, 2.05) is 6.07 Å². The number of aromatic nitrogens is 2. The van der Waals surface area contributed by atoms with E-state index in [1.165, 1.54) is 11.3 Å². The summed E-state index contributed by atoms with van der Waals surface area (Å²) in [5.74, 6) is 0.212. The molecule has 0 saturated heterocycles. The number of nitrogens with zero attached hydrogens (tertiary/aromatic N) is 2. The molecule has 2 amide bonds. The van der Waals surface area contributed by atoms with Crippen LogP contribution in [-0.4, -0.2) is 22.0 Å². The van der Waals surface area contributed by atoms with Crippen LogP contribution in [0.3, 0.4) is 0 Å². The van der Waals surface area contributed by atoms with Crippen LogP contribution in [0.4, 0.5) is 10.8 Å². The summed E-state index contributed by atoms with van der Waals surface area (Å²) in [5.41, 5.74) is 2.36. The van der Waals surface area contributed by atoms with E-state index in [9.17, 15) is 9.59 Å². The first-order valence-electron chi connectivity index (χ1n) is 8.68. The number of carbonyl (C=O) groups is 2. The summed E-state index contributed by atoms with van der Waals surface area (Å²) in [7, 11) is 0. The van der Waals surface area contributed by atoms with Gasteiger partial charge in [-0.3, -0.25) is 14.9 Å². The van der Waals surface area contributed by atoms with E-state index in [2.05, 4.69) is 34.7 Å². The second-order valence-electron chi connectivity index (χ2n) is 6.19. The first-order chi connectivity index (χ1) is 12.1. The van der Waals surface area contributed by atoms with Crippen molar-refractivity contribution in [1.82, 2.24) is 10.2 Å². The summed E-state index contributed by atoms with van der Waals surface area (Å²) >= 11 is 1.43. The first kappa shape index (κ1) is 17.5. The second-order valence-corrected chi connectivity index (χ2v) is 7.20. The Morgan fingerprint density at radius 3 is 2.84 bits per heavy atom. The topological polar surface area (TPSA) is 84.0 Å². The lowest BCUT2D eigenvalue weighted by Crippen LogP contribution is -2.13. The van der Waals surface area contributed by atoms with Gasteiger partial charge in [-0.1, -0.05) is 25.2 Å². The van der Waals surface area contributed by atoms with Crippen molar-refractivity contribution in [2.45, 2.75) is 51.9 Å². The molecule has 2 N–H and O–H groups in total. The van der Waals surface area contributed by atoms with Crippen molar-refractivity contribution in [2.24, 2.45) is 0 Å². The molecule has 1 aliphatic heterocycles. The molecule has 1 aliphatic rings. The summed E-state index contributed by atoms with van der Waals surface area (Å²) in [4.78, 5) is 24.1. The molecule has 0 aliphatic carbocycles. The van der Waals surface area contributed by atoms with Crippen LogP contribution in [0.2, 0.25) is 0 Å².